The summed E-state index contributed by atoms with van der Waals surface area (Å²) in [4.78, 5) is 12.3. The quantitative estimate of drug-likeness (QED) is 0.769. The molecular weight excluding hydrogens is 208 g/mol. The molecule has 0 bridgehead atoms. The third-order valence-electron chi connectivity index (χ3n) is 2.44. The number of hydrogen-bond donors (Lipinski definition) is 0. The van der Waals surface area contributed by atoms with Gasteiger partial charge in [0.2, 0.25) is 0 Å². The fourth-order valence-corrected chi connectivity index (χ4v) is 2.33. The zero-order valence-corrected chi connectivity index (χ0v) is 9.92. The molecule has 1 aromatic carbocycles. The van der Waals surface area contributed by atoms with Crippen LogP contribution in [-0.4, -0.2) is 15.7 Å². The summed E-state index contributed by atoms with van der Waals surface area (Å²) in [6.07, 6.45) is 0.810. The highest BCUT2D eigenvalue weighted by Gasteiger charge is 2.14. The van der Waals surface area contributed by atoms with Crippen LogP contribution in [0.5, 0.6) is 0 Å². The van der Waals surface area contributed by atoms with Crippen LogP contribution >= 0.6 is 0 Å². The highest BCUT2D eigenvalue weighted by Crippen LogP contribution is 2.09. The third kappa shape index (κ3) is 3.59. The molecule has 0 N–H and O–H groups in total. The van der Waals surface area contributed by atoms with Crippen molar-refractivity contribution in [3.8, 4) is 0 Å². The van der Waals surface area contributed by atoms with E-state index in [0.717, 1.165) is 11.3 Å². The molecular formula is C12H16O2S. The minimum Gasteiger partial charge on any atom is -0.298 e. The fourth-order valence-electron chi connectivity index (χ4n) is 1.15. The van der Waals surface area contributed by atoms with Gasteiger partial charge in [-0.3, -0.25) is 9.00 Å². The molecule has 0 aliphatic carbocycles. The maximum Gasteiger partial charge on any atom is 0.148 e. The molecule has 0 spiro atoms. The average Bonchev–Trinajstić information content (AvgIpc) is 2.29. The summed E-state index contributed by atoms with van der Waals surface area (Å²) in [6, 6.07) is 9.12. The number of Topliss-reactive ketones (excluding diaryl/α,β-unsaturated/α-hetero) is 1. The number of rotatable bonds is 5. The van der Waals surface area contributed by atoms with E-state index in [4.69, 9.17) is 0 Å². The van der Waals surface area contributed by atoms with E-state index in [1.807, 2.05) is 32.0 Å². The first-order valence-electron chi connectivity index (χ1n) is 5.11. The maximum absolute atomic E-state index is 11.8. The Morgan fingerprint density at radius 1 is 1.33 bits per heavy atom. The number of ketones is 1. The van der Waals surface area contributed by atoms with Crippen molar-refractivity contribution >= 4 is 16.6 Å². The van der Waals surface area contributed by atoms with E-state index in [9.17, 15) is 9.00 Å². The Balaban J connectivity index is 2.61. The minimum absolute atomic E-state index is 0.0117. The SMILES string of the molecule is CCC(C)C(=O)CS(=O)c1ccccc1. The summed E-state index contributed by atoms with van der Waals surface area (Å²) in [7, 11) is -1.19. The van der Waals surface area contributed by atoms with E-state index < -0.39 is 10.8 Å². The smallest absolute Gasteiger partial charge is 0.148 e. The van der Waals surface area contributed by atoms with Crippen LogP contribution in [0.2, 0.25) is 0 Å². The van der Waals surface area contributed by atoms with Crippen LogP contribution in [0.4, 0.5) is 0 Å². The molecule has 0 amide bonds. The van der Waals surface area contributed by atoms with Crippen LogP contribution in [0.3, 0.4) is 0 Å². The molecule has 3 heteroatoms. The van der Waals surface area contributed by atoms with Crippen LogP contribution in [0.15, 0.2) is 35.2 Å². The zero-order valence-electron chi connectivity index (χ0n) is 9.10. The molecule has 2 unspecified atom stereocenters. The monoisotopic (exact) mass is 224 g/mol. The van der Waals surface area contributed by atoms with E-state index >= 15 is 0 Å². The minimum atomic E-state index is -1.19. The normalized spacial score (nSPS) is 14.5. The standard InChI is InChI=1S/C12H16O2S/c1-3-10(2)12(13)9-15(14)11-7-5-4-6-8-11/h4-8,10H,3,9H2,1-2H3. The van der Waals surface area contributed by atoms with Gasteiger partial charge in [-0.1, -0.05) is 32.0 Å². The fraction of sp³-hybridized carbons (Fsp3) is 0.417. The highest BCUT2D eigenvalue weighted by molar-refractivity contribution is 7.85. The van der Waals surface area contributed by atoms with Gasteiger partial charge in [0.15, 0.2) is 0 Å². The van der Waals surface area contributed by atoms with Crippen LogP contribution in [0.1, 0.15) is 20.3 Å². The second kappa shape index (κ2) is 5.81. The second-order valence-corrected chi connectivity index (χ2v) is 5.03. The van der Waals surface area contributed by atoms with E-state index in [1.165, 1.54) is 0 Å². The van der Waals surface area contributed by atoms with Gasteiger partial charge < -0.3 is 0 Å². The first-order valence-corrected chi connectivity index (χ1v) is 6.43. The van der Waals surface area contributed by atoms with Crippen molar-refractivity contribution in [2.75, 3.05) is 5.75 Å². The highest BCUT2D eigenvalue weighted by atomic mass is 32.2. The molecule has 15 heavy (non-hydrogen) atoms. The average molecular weight is 224 g/mol. The molecule has 0 aliphatic heterocycles. The Hall–Kier alpha value is -0.960. The predicted molar refractivity (Wildman–Crippen MR) is 62.2 cm³/mol. The lowest BCUT2D eigenvalue weighted by molar-refractivity contribution is -0.119. The van der Waals surface area contributed by atoms with Crippen molar-refractivity contribution in [3.63, 3.8) is 0 Å². The molecule has 0 saturated carbocycles. The lowest BCUT2D eigenvalue weighted by atomic mass is 10.1. The molecule has 1 rings (SSSR count). The first kappa shape index (κ1) is 12.1. The summed E-state index contributed by atoms with van der Waals surface area (Å²) < 4.78 is 11.8. The van der Waals surface area contributed by atoms with Crippen molar-refractivity contribution in [2.24, 2.45) is 5.92 Å². The number of hydrogen-bond acceptors (Lipinski definition) is 2. The van der Waals surface area contributed by atoms with E-state index in [1.54, 1.807) is 12.1 Å². The Morgan fingerprint density at radius 2 is 1.93 bits per heavy atom. The van der Waals surface area contributed by atoms with Crippen molar-refractivity contribution in [1.82, 2.24) is 0 Å². The summed E-state index contributed by atoms with van der Waals surface area (Å²) in [5, 5.41) is 0. The molecule has 1 aromatic rings. The van der Waals surface area contributed by atoms with Gasteiger partial charge in [-0.15, -0.1) is 0 Å². The van der Waals surface area contributed by atoms with Crippen molar-refractivity contribution in [1.29, 1.82) is 0 Å². The Morgan fingerprint density at radius 3 is 2.47 bits per heavy atom. The lowest BCUT2D eigenvalue weighted by Crippen LogP contribution is -2.17. The number of benzene rings is 1. The molecule has 0 saturated heterocycles. The second-order valence-electron chi connectivity index (χ2n) is 3.58. The van der Waals surface area contributed by atoms with Gasteiger partial charge in [0.25, 0.3) is 0 Å². The van der Waals surface area contributed by atoms with Crippen LogP contribution < -0.4 is 0 Å². The molecule has 0 radical (unpaired) electrons. The van der Waals surface area contributed by atoms with Crippen molar-refractivity contribution < 1.29 is 9.00 Å². The van der Waals surface area contributed by atoms with Gasteiger partial charge in [0.1, 0.15) is 5.78 Å². The largest absolute Gasteiger partial charge is 0.298 e. The number of carbonyl (C=O) groups excluding carboxylic acids is 1. The van der Waals surface area contributed by atoms with Crippen molar-refractivity contribution in [2.45, 2.75) is 25.2 Å². The van der Waals surface area contributed by atoms with E-state index in [0.29, 0.717) is 0 Å². The zero-order chi connectivity index (χ0) is 11.3. The van der Waals surface area contributed by atoms with Crippen molar-refractivity contribution in [3.05, 3.63) is 30.3 Å². The van der Waals surface area contributed by atoms with Crippen LogP contribution in [0.25, 0.3) is 0 Å². The van der Waals surface area contributed by atoms with Crippen LogP contribution in [-0.2, 0) is 15.6 Å². The Labute approximate surface area is 93.2 Å². The number of carbonyl (C=O) groups is 1. The topological polar surface area (TPSA) is 34.1 Å². The Kier molecular flexibility index (Phi) is 4.69. The molecule has 0 fully saturated rings. The molecule has 0 aromatic heterocycles. The van der Waals surface area contributed by atoms with E-state index in [-0.39, 0.29) is 17.5 Å². The summed E-state index contributed by atoms with van der Waals surface area (Å²) >= 11 is 0. The van der Waals surface area contributed by atoms with Gasteiger partial charge in [-0.2, -0.15) is 0 Å². The van der Waals surface area contributed by atoms with Gasteiger partial charge in [0.05, 0.1) is 16.6 Å². The van der Waals surface area contributed by atoms with Gasteiger partial charge >= 0.3 is 0 Å². The van der Waals surface area contributed by atoms with Gasteiger partial charge in [-0.05, 0) is 18.6 Å². The van der Waals surface area contributed by atoms with Gasteiger partial charge in [0, 0.05) is 10.8 Å². The predicted octanol–water partition coefficient (Wildman–Crippen LogP) is 2.41. The lowest BCUT2D eigenvalue weighted by Gasteiger charge is -2.06. The maximum atomic E-state index is 11.8. The third-order valence-corrected chi connectivity index (χ3v) is 3.79. The molecule has 2 nitrogen and oxygen atoms in total. The van der Waals surface area contributed by atoms with Crippen LogP contribution in [0, 0.1) is 5.92 Å². The molecule has 0 aliphatic rings. The Bertz CT molecular complexity index is 346. The molecule has 0 heterocycles. The van der Waals surface area contributed by atoms with E-state index in [2.05, 4.69) is 0 Å². The first-order chi connectivity index (χ1) is 7.15. The summed E-state index contributed by atoms with van der Waals surface area (Å²) in [6.45, 7) is 3.85. The molecule has 82 valence electrons. The summed E-state index contributed by atoms with van der Waals surface area (Å²) in [5.74, 6) is 0.233. The summed E-state index contributed by atoms with van der Waals surface area (Å²) in [5.41, 5.74) is 0. The van der Waals surface area contributed by atoms with Gasteiger partial charge in [-0.25, -0.2) is 0 Å². The molecule has 2 atom stereocenters.